The molecule has 0 unspecified atom stereocenters. The van der Waals surface area contributed by atoms with E-state index in [2.05, 4.69) is 15.3 Å². The highest BCUT2D eigenvalue weighted by atomic mass is 32.2. The van der Waals surface area contributed by atoms with Crippen LogP contribution in [0.4, 0.5) is 0 Å². The van der Waals surface area contributed by atoms with Gasteiger partial charge in [-0.25, -0.2) is 4.98 Å². The van der Waals surface area contributed by atoms with E-state index in [1.54, 1.807) is 7.11 Å². The fourth-order valence-electron chi connectivity index (χ4n) is 0.917. The van der Waals surface area contributed by atoms with Gasteiger partial charge in [0.2, 0.25) is 5.88 Å². The second kappa shape index (κ2) is 5.04. The number of thioether (sulfide) groups is 1. The Balaban J connectivity index is 2.93. The topological polar surface area (TPSA) is 47.0 Å². The Kier molecular flexibility index (Phi) is 3.98. The second-order valence-corrected chi connectivity index (χ2v) is 3.19. The van der Waals surface area contributed by atoms with Crippen LogP contribution in [0.1, 0.15) is 5.69 Å². The molecule has 0 fully saturated rings. The predicted molar refractivity (Wildman–Crippen MR) is 53.1 cm³/mol. The average molecular weight is 199 g/mol. The van der Waals surface area contributed by atoms with E-state index in [4.69, 9.17) is 4.74 Å². The first-order valence-electron chi connectivity index (χ1n) is 3.90. The minimum Gasteiger partial charge on any atom is -0.481 e. The zero-order valence-corrected chi connectivity index (χ0v) is 8.81. The fourth-order valence-corrected chi connectivity index (χ4v) is 1.31. The molecule has 0 bridgehead atoms. The lowest BCUT2D eigenvalue weighted by molar-refractivity contribution is 0.391. The van der Waals surface area contributed by atoms with Gasteiger partial charge in [-0.3, -0.25) is 0 Å². The molecule has 13 heavy (non-hydrogen) atoms. The maximum absolute atomic E-state index is 5.05. The van der Waals surface area contributed by atoms with Crippen LogP contribution in [0.15, 0.2) is 11.2 Å². The summed E-state index contributed by atoms with van der Waals surface area (Å²) in [5.74, 6) is 0.615. The number of methoxy groups -OCH3 is 1. The zero-order valence-electron chi connectivity index (χ0n) is 8.00. The monoisotopic (exact) mass is 199 g/mol. The van der Waals surface area contributed by atoms with Crippen LogP contribution in [0.5, 0.6) is 5.88 Å². The van der Waals surface area contributed by atoms with Gasteiger partial charge in [0.1, 0.15) is 0 Å². The van der Waals surface area contributed by atoms with Gasteiger partial charge in [-0.1, -0.05) is 11.8 Å². The Morgan fingerprint density at radius 1 is 1.54 bits per heavy atom. The highest BCUT2D eigenvalue weighted by Crippen LogP contribution is 2.15. The second-order valence-electron chi connectivity index (χ2n) is 2.42. The van der Waals surface area contributed by atoms with E-state index in [1.807, 2.05) is 19.4 Å². The third-order valence-electron chi connectivity index (χ3n) is 1.48. The third-order valence-corrected chi connectivity index (χ3v) is 2.03. The number of aromatic nitrogens is 2. The Hall–Kier alpha value is -0.810. The van der Waals surface area contributed by atoms with E-state index in [9.17, 15) is 0 Å². The summed E-state index contributed by atoms with van der Waals surface area (Å²) < 4.78 is 5.05. The molecule has 0 radical (unpaired) electrons. The van der Waals surface area contributed by atoms with Crippen LogP contribution in [0.3, 0.4) is 0 Å². The van der Waals surface area contributed by atoms with Gasteiger partial charge < -0.3 is 10.1 Å². The lowest BCUT2D eigenvalue weighted by Gasteiger charge is -2.04. The van der Waals surface area contributed by atoms with Crippen LogP contribution in [0.25, 0.3) is 0 Å². The van der Waals surface area contributed by atoms with Crippen molar-refractivity contribution in [2.24, 2.45) is 0 Å². The number of nitrogens with zero attached hydrogens (tertiary/aromatic N) is 2. The summed E-state index contributed by atoms with van der Waals surface area (Å²) in [4.78, 5) is 8.45. The van der Waals surface area contributed by atoms with Crippen molar-refractivity contribution in [1.29, 1.82) is 0 Å². The Morgan fingerprint density at radius 2 is 2.31 bits per heavy atom. The average Bonchev–Trinajstić information content (AvgIpc) is 2.17. The molecule has 4 nitrogen and oxygen atoms in total. The molecule has 72 valence electrons. The molecule has 0 aliphatic rings. The first kappa shape index (κ1) is 10.3. The zero-order chi connectivity index (χ0) is 9.68. The Morgan fingerprint density at radius 3 is 2.85 bits per heavy atom. The smallest absolute Gasteiger partial charge is 0.217 e. The molecule has 0 aliphatic heterocycles. The first-order valence-corrected chi connectivity index (χ1v) is 5.13. The van der Waals surface area contributed by atoms with E-state index in [-0.39, 0.29) is 0 Å². The summed E-state index contributed by atoms with van der Waals surface area (Å²) in [6, 6.07) is 1.83. The summed E-state index contributed by atoms with van der Waals surface area (Å²) in [5.41, 5.74) is 0.943. The van der Waals surface area contributed by atoms with Crippen LogP contribution in [0, 0.1) is 0 Å². The molecule has 0 saturated carbocycles. The summed E-state index contributed by atoms with van der Waals surface area (Å²) in [7, 11) is 3.49. The first-order chi connectivity index (χ1) is 6.30. The molecule has 0 saturated heterocycles. The van der Waals surface area contributed by atoms with Crippen molar-refractivity contribution in [2.75, 3.05) is 20.4 Å². The predicted octanol–water partition coefficient (Wildman–Crippen LogP) is 0.926. The number of ether oxygens (including phenoxy) is 1. The molecule has 0 spiro atoms. The fraction of sp³-hybridized carbons (Fsp3) is 0.500. The lowest BCUT2D eigenvalue weighted by Crippen LogP contribution is -2.08. The van der Waals surface area contributed by atoms with Crippen LogP contribution >= 0.6 is 11.8 Å². The minimum absolute atomic E-state index is 0.615. The molecule has 1 N–H and O–H groups in total. The van der Waals surface area contributed by atoms with Gasteiger partial charge in [0.15, 0.2) is 5.16 Å². The highest BCUT2D eigenvalue weighted by Gasteiger charge is 2.02. The summed E-state index contributed by atoms with van der Waals surface area (Å²) in [5, 5.41) is 3.77. The van der Waals surface area contributed by atoms with Gasteiger partial charge in [-0.15, -0.1) is 0 Å². The van der Waals surface area contributed by atoms with Crippen molar-refractivity contribution in [3.8, 4) is 5.88 Å². The summed E-state index contributed by atoms with van der Waals surface area (Å²) in [6.45, 7) is 0.729. The van der Waals surface area contributed by atoms with Crippen LogP contribution in [0.2, 0.25) is 0 Å². The number of hydrogen-bond donors (Lipinski definition) is 1. The third kappa shape index (κ3) is 2.86. The molecular formula is C8H13N3OS. The molecule has 1 heterocycles. The minimum atomic E-state index is 0.615. The van der Waals surface area contributed by atoms with Crippen LogP contribution < -0.4 is 10.1 Å². The molecule has 1 aromatic rings. The number of nitrogens with one attached hydrogen (secondary N) is 1. The van der Waals surface area contributed by atoms with E-state index >= 15 is 0 Å². The normalized spacial score (nSPS) is 10.1. The molecule has 0 atom stereocenters. The molecule has 0 aromatic carbocycles. The van der Waals surface area contributed by atoms with Gasteiger partial charge in [-0.2, -0.15) is 4.98 Å². The van der Waals surface area contributed by atoms with Crippen molar-refractivity contribution in [1.82, 2.24) is 15.3 Å². The van der Waals surface area contributed by atoms with Gasteiger partial charge in [0.05, 0.1) is 12.8 Å². The highest BCUT2D eigenvalue weighted by molar-refractivity contribution is 7.98. The summed E-state index contributed by atoms with van der Waals surface area (Å²) in [6.07, 6.45) is 1.94. The molecule has 0 aliphatic carbocycles. The van der Waals surface area contributed by atoms with Crippen molar-refractivity contribution in [2.45, 2.75) is 11.7 Å². The summed E-state index contributed by atoms with van der Waals surface area (Å²) >= 11 is 1.51. The van der Waals surface area contributed by atoms with Crippen molar-refractivity contribution < 1.29 is 4.74 Å². The number of hydrogen-bond acceptors (Lipinski definition) is 5. The SMILES string of the molecule is CNCc1cc(OC)nc(SC)n1. The number of rotatable bonds is 4. The maximum Gasteiger partial charge on any atom is 0.217 e. The van der Waals surface area contributed by atoms with Gasteiger partial charge in [-0.05, 0) is 13.3 Å². The Bertz CT molecular complexity index is 258. The van der Waals surface area contributed by atoms with Crippen molar-refractivity contribution in [3.63, 3.8) is 0 Å². The van der Waals surface area contributed by atoms with E-state index in [0.717, 1.165) is 17.4 Å². The van der Waals surface area contributed by atoms with Gasteiger partial charge >= 0.3 is 0 Å². The van der Waals surface area contributed by atoms with Crippen LogP contribution in [-0.4, -0.2) is 30.4 Å². The van der Waals surface area contributed by atoms with Crippen LogP contribution in [-0.2, 0) is 6.54 Å². The van der Waals surface area contributed by atoms with Gasteiger partial charge in [0, 0.05) is 12.6 Å². The molecule has 0 amide bonds. The van der Waals surface area contributed by atoms with E-state index in [0.29, 0.717) is 5.88 Å². The maximum atomic E-state index is 5.05. The Labute approximate surface area is 82.1 Å². The molecule has 1 aromatic heterocycles. The quantitative estimate of drug-likeness (QED) is 0.577. The molecule has 5 heteroatoms. The molecule has 1 rings (SSSR count). The lowest BCUT2D eigenvalue weighted by atomic mass is 10.4. The standard InChI is InChI=1S/C8H13N3OS/c1-9-5-6-4-7(12-2)11-8(10-6)13-3/h4,9H,5H2,1-3H3. The molecular weight excluding hydrogens is 186 g/mol. The van der Waals surface area contributed by atoms with Gasteiger partial charge in [0.25, 0.3) is 0 Å². The van der Waals surface area contributed by atoms with Crippen molar-refractivity contribution in [3.05, 3.63) is 11.8 Å². The van der Waals surface area contributed by atoms with Crippen molar-refractivity contribution >= 4 is 11.8 Å². The van der Waals surface area contributed by atoms with E-state index < -0.39 is 0 Å². The largest absolute Gasteiger partial charge is 0.481 e. The van der Waals surface area contributed by atoms with E-state index in [1.165, 1.54) is 11.8 Å².